The third-order valence-corrected chi connectivity index (χ3v) is 4.22. The lowest BCUT2D eigenvalue weighted by atomic mass is 10.00. The molecule has 1 aliphatic rings. The lowest BCUT2D eigenvalue weighted by Crippen LogP contribution is -2.59. The van der Waals surface area contributed by atoms with Crippen molar-refractivity contribution < 1.29 is 9.53 Å². The van der Waals surface area contributed by atoms with Crippen molar-refractivity contribution in [1.29, 1.82) is 0 Å². The first-order valence-corrected chi connectivity index (χ1v) is 7.66. The molecule has 1 fully saturated rings. The molecule has 4 heteroatoms. The van der Waals surface area contributed by atoms with Gasteiger partial charge in [0.1, 0.15) is 5.54 Å². The third kappa shape index (κ3) is 3.93. The molecule has 1 N–H and O–H groups in total. The van der Waals surface area contributed by atoms with Gasteiger partial charge in [-0.2, -0.15) is 0 Å². The highest BCUT2D eigenvalue weighted by Crippen LogP contribution is 2.28. The van der Waals surface area contributed by atoms with Crippen molar-refractivity contribution in [2.45, 2.75) is 71.5 Å². The summed E-state index contributed by atoms with van der Waals surface area (Å²) in [7, 11) is 0. The summed E-state index contributed by atoms with van der Waals surface area (Å²) in [6.07, 6.45) is 3.61. The number of carbonyl (C=O) groups is 1. The van der Waals surface area contributed by atoms with Crippen molar-refractivity contribution in [3.8, 4) is 0 Å². The number of hydrogen-bond donors (Lipinski definition) is 1. The summed E-state index contributed by atoms with van der Waals surface area (Å²) in [5.41, 5.74) is -0.600. The number of nitrogens with one attached hydrogen (secondary N) is 1. The summed E-state index contributed by atoms with van der Waals surface area (Å²) in [4.78, 5) is 14.7. The number of ether oxygens (including phenoxy) is 1. The number of carbonyl (C=O) groups excluding carboxylic acids is 1. The zero-order valence-electron chi connectivity index (χ0n) is 13.2. The van der Waals surface area contributed by atoms with Gasteiger partial charge in [0.2, 0.25) is 0 Å². The number of hydrogen-bond acceptors (Lipinski definition) is 4. The maximum absolute atomic E-state index is 12.2. The van der Waals surface area contributed by atoms with Gasteiger partial charge >= 0.3 is 5.97 Å². The van der Waals surface area contributed by atoms with Gasteiger partial charge < -0.3 is 10.1 Å². The Labute approximate surface area is 117 Å². The van der Waals surface area contributed by atoms with Crippen LogP contribution in [-0.2, 0) is 9.53 Å². The second kappa shape index (κ2) is 7.25. The van der Waals surface area contributed by atoms with E-state index in [9.17, 15) is 4.79 Å². The lowest BCUT2D eigenvalue weighted by Gasteiger charge is -2.37. The minimum Gasteiger partial charge on any atom is -0.465 e. The largest absolute Gasteiger partial charge is 0.465 e. The molecule has 0 saturated carbocycles. The molecule has 1 aliphatic heterocycles. The molecule has 19 heavy (non-hydrogen) atoms. The number of nitrogens with zero attached hydrogens (tertiary/aromatic N) is 1. The molecule has 0 aromatic heterocycles. The van der Waals surface area contributed by atoms with Crippen LogP contribution in [0.2, 0.25) is 0 Å². The van der Waals surface area contributed by atoms with E-state index in [1.165, 1.54) is 12.8 Å². The van der Waals surface area contributed by atoms with Crippen LogP contribution in [0.5, 0.6) is 0 Å². The van der Waals surface area contributed by atoms with E-state index in [0.29, 0.717) is 18.7 Å². The quantitative estimate of drug-likeness (QED) is 0.720. The molecule has 112 valence electrons. The lowest BCUT2D eigenvalue weighted by molar-refractivity contribution is -0.151. The van der Waals surface area contributed by atoms with Crippen molar-refractivity contribution in [2.75, 3.05) is 19.7 Å². The molecule has 0 amide bonds. The van der Waals surface area contributed by atoms with E-state index in [0.717, 1.165) is 19.5 Å². The Hall–Kier alpha value is -0.610. The van der Waals surface area contributed by atoms with Crippen LogP contribution in [0.1, 0.15) is 53.9 Å². The standard InChI is InChI=1S/C15H30N2O2/c1-6-13-10-9-12(4)17(13)11-15(5,16-7-2)14(18)19-8-3/h12-13,16H,6-11H2,1-5H3. The first-order valence-electron chi connectivity index (χ1n) is 7.66. The Kier molecular flexibility index (Phi) is 6.27. The Morgan fingerprint density at radius 3 is 2.58 bits per heavy atom. The van der Waals surface area contributed by atoms with Gasteiger partial charge in [0.05, 0.1) is 6.61 Å². The molecule has 1 rings (SSSR count). The summed E-state index contributed by atoms with van der Waals surface area (Å²) in [6.45, 7) is 12.3. The molecule has 0 aromatic rings. The highest BCUT2D eigenvalue weighted by Gasteiger charge is 2.40. The van der Waals surface area contributed by atoms with E-state index in [4.69, 9.17) is 4.74 Å². The minimum atomic E-state index is -0.600. The predicted molar refractivity (Wildman–Crippen MR) is 78.2 cm³/mol. The molecule has 1 saturated heterocycles. The van der Waals surface area contributed by atoms with Crippen molar-refractivity contribution in [2.24, 2.45) is 0 Å². The third-order valence-electron chi connectivity index (χ3n) is 4.22. The van der Waals surface area contributed by atoms with Crippen molar-refractivity contribution >= 4 is 5.97 Å². The molecule has 0 radical (unpaired) electrons. The number of rotatable bonds is 7. The van der Waals surface area contributed by atoms with Gasteiger partial charge in [-0.25, -0.2) is 0 Å². The maximum Gasteiger partial charge on any atom is 0.327 e. The van der Waals surface area contributed by atoms with E-state index in [1.54, 1.807) is 0 Å². The second-order valence-corrected chi connectivity index (χ2v) is 5.74. The fourth-order valence-corrected chi connectivity index (χ4v) is 3.09. The summed E-state index contributed by atoms with van der Waals surface area (Å²) in [6, 6.07) is 1.15. The molecular formula is C15H30N2O2. The molecule has 0 bridgehead atoms. The van der Waals surface area contributed by atoms with Gasteiger partial charge in [-0.3, -0.25) is 9.69 Å². The normalized spacial score (nSPS) is 27.2. The summed E-state index contributed by atoms with van der Waals surface area (Å²) in [5, 5.41) is 3.32. The predicted octanol–water partition coefficient (Wildman–Crippen LogP) is 2.18. The summed E-state index contributed by atoms with van der Waals surface area (Å²) < 4.78 is 5.25. The smallest absolute Gasteiger partial charge is 0.327 e. The Balaban J connectivity index is 2.79. The molecule has 0 spiro atoms. The minimum absolute atomic E-state index is 0.134. The topological polar surface area (TPSA) is 41.6 Å². The van der Waals surface area contributed by atoms with Gasteiger partial charge in [-0.15, -0.1) is 0 Å². The SMILES string of the molecule is CCNC(C)(CN1C(C)CCC1CC)C(=O)OCC. The number of esters is 1. The fraction of sp³-hybridized carbons (Fsp3) is 0.933. The van der Waals surface area contributed by atoms with Crippen molar-refractivity contribution in [3.63, 3.8) is 0 Å². The Bertz CT molecular complexity index is 296. The van der Waals surface area contributed by atoms with E-state index >= 15 is 0 Å². The Morgan fingerprint density at radius 1 is 1.37 bits per heavy atom. The molecule has 4 nitrogen and oxygen atoms in total. The highest BCUT2D eigenvalue weighted by atomic mass is 16.5. The van der Waals surface area contributed by atoms with Crippen LogP contribution in [0.25, 0.3) is 0 Å². The van der Waals surface area contributed by atoms with Gasteiger partial charge in [0, 0.05) is 18.6 Å². The first kappa shape index (κ1) is 16.4. The van der Waals surface area contributed by atoms with Gasteiger partial charge in [-0.05, 0) is 46.6 Å². The highest BCUT2D eigenvalue weighted by molar-refractivity contribution is 5.80. The van der Waals surface area contributed by atoms with Crippen LogP contribution in [0.4, 0.5) is 0 Å². The van der Waals surface area contributed by atoms with Crippen LogP contribution in [0.3, 0.4) is 0 Å². The Morgan fingerprint density at radius 2 is 2.05 bits per heavy atom. The fourth-order valence-electron chi connectivity index (χ4n) is 3.09. The van der Waals surface area contributed by atoms with Crippen molar-refractivity contribution in [3.05, 3.63) is 0 Å². The van der Waals surface area contributed by atoms with Crippen LogP contribution in [0.15, 0.2) is 0 Å². The van der Waals surface area contributed by atoms with Crippen LogP contribution < -0.4 is 5.32 Å². The van der Waals surface area contributed by atoms with E-state index in [-0.39, 0.29) is 5.97 Å². The molecule has 3 unspecified atom stereocenters. The summed E-state index contributed by atoms with van der Waals surface area (Å²) >= 11 is 0. The van der Waals surface area contributed by atoms with Crippen LogP contribution in [-0.4, -0.2) is 48.2 Å². The molecular weight excluding hydrogens is 240 g/mol. The molecule has 1 heterocycles. The van der Waals surface area contributed by atoms with Crippen LogP contribution in [0, 0.1) is 0 Å². The molecule has 3 atom stereocenters. The average Bonchev–Trinajstić information content (AvgIpc) is 2.71. The van der Waals surface area contributed by atoms with E-state index in [1.807, 2.05) is 20.8 Å². The van der Waals surface area contributed by atoms with Crippen molar-refractivity contribution in [1.82, 2.24) is 10.2 Å². The molecule has 0 aromatic carbocycles. The zero-order chi connectivity index (χ0) is 14.5. The maximum atomic E-state index is 12.2. The first-order chi connectivity index (χ1) is 8.98. The number of likely N-dealkylation sites (N-methyl/N-ethyl adjacent to an activating group) is 1. The van der Waals surface area contributed by atoms with Gasteiger partial charge in [-0.1, -0.05) is 13.8 Å². The monoisotopic (exact) mass is 270 g/mol. The number of likely N-dealkylation sites (tertiary alicyclic amines) is 1. The zero-order valence-corrected chi connectivity index (χ0v) is 13.2. The van der Waals surface area contributed by atoms with E-state index in [2.05, 4.69) is 24.1 Å². The van der Waals surface area contributed by atoms with Gasteiger partial charge in [0.15, 0.2) is 0 Å². The molecule has 0 aliphatic carbocycles. The van der Waals surface area contributed by atoms with E-state index < -0.39 is 5.54 Å². The van der Waals surface area contributed by atoms with Crippen LogP contribution >= 0.6 is 0 Å². The van der Waals surface area contributed by atoms with Gasteiger partial charge in [0.25, 0.3) is 0 Å². The average molecular weight is 270 g/mol. The second-order valence-electron chi connectivity index (χ2n) is 5.74. The summed E-state index contributed by atoms with van der Waals surface area (Å²) in [5.74, 6) is -0.134.